The van der Waals surface area contributed by atoms with Crippen LogP contribution in [0.4, 0.5) is 5.82 Å². The Kier molecular flexibility index (Phi) is 12.5. The van der Waals surface area contributed by atoms with Crippen molar-refractivity contribution in [3.63, 3.8) is 0 Å². The summed E-state index contributed by atoms with van der Waals surface area (Å²) in [5.41, 5.74) is 2.10. The molecule has 0 amide bonds. The van der Waals surface area contributed by atoms with Crippen LogP contribution in [0.5, 0.6) is 0 Å². The highest BCUT2D eigenvalue weighted by atomic mass is 16.5. The molecule has 0 radical (unpaired) electrons. The minimum absolute atomic E-state index is 0. The summed E-state index contributed by atoms with van der Waals surface area (Å²) in [7, 11) is 6.28. The summed E-state index contributed by atoms with van der Waals surface area (Å²) < 4.78 is 7.19. The van der Waals surface area contributed by atoms with E-state index < -0.39 is 0 Å². The Morgan fingerprint density at radius 2 is 1.60 bits per heavy atom. The van der Waals surface area contributed by atoms with Gasteiger partial charge in [-0.1, -0.05) is 44.7 Å². The monoisotopic (exact) mass is 555 g/mol. The zero-order valence-corrected chi connectivity index (χ0v) is 24.0. The molecule has 11 heteroatoms. The van der Waals surface area contributed by atoms with Crippen molar-refractivity contribution in [2.75, 3.05) is 105 Å². The van der Waals surface area contributed by atoms with Gasteiger partial charge in [-0.05, 0) is 27.7 Å². The zero-order chi connectivity index (χ0) is 27.6. The number of rotatable bonds is 9. The molecule has 2 aromatic heterocycles. The molecule has 0 atom stereocenters. The van der Waals surface area contributed by atoms with Gasteiger partial charge in [-0.3, -0.25) is 14.4 Å². The average molecular weight is 556 g/mol. The minimum atomic E-state index is -0.148. The SMILES string of the molecule is C.CCN(C)C.CN1CCN(CCNc2nc(-c3ccccc3)nc3c2[nH]c(=O)n3CCN2CCOCC2)CC1. The predicted octanol–water partition coefficient (Wildman–Crippen LogP) is 1.98. The van der Waals surface area contributed by atoms with E-state index in [4.69, 9.17) is 14.7 Å². The van der Waals surface area contributed by atoms with Crippen LogP contribution in [0, 0.1) is 0 Å². The van der Waals surface area contributed by atoms with Gasteiger partial charge in [0.25, 0.3) is 0 Å². The van der Waals surface area contributed by atoms with Crippen molar-refractivity contribution < 1.29 is 4.74 Å². The van der Waals surface area contributed by atoms with Crippen molar-refractivity contribution in [1.29, 1.82) is 0 Å². The fraction of sp³-hybridized carbons (Fsp3) is 0.621. The van der Waals surface area contributed by atoms with Gasteiger partial charge in [0.2, 0.25) is 0 Å². The Labute approximate surface area is 239 Å². The topological polar surface area (TPSA) is 97.8 Å². The van der Waals surface area contributed by atoms with Crippen molar-refractivity contribution in [3.8, 4) is 11.4 Å². The van der Waals surface area contributed by atoms with E-state index in [-0.39, 0.29) is 13.1 Å². The quantitative estimate of drug-likeness (QED) is 0.411. The minimum Gasteiger partial charge on any atom is -0.379 e. The number of nitrogens with zero attached hydrogens (tertiary/aromatic N) is 7. The smallest absolute Gasteiger partial charge is 0.327 e. The summed E-state index contributed by atoms with van der Waals surface area (Å²) in [5, 5.41) is 3.49. The fourth-order valence-electron chi connectivity index (χ4n) is 4.55. The van der Waals surface area contributed by atoms with E-state index in [1.54, 1.807) is 4.57 Å². The van der Waals surface area contributed by atoms with Crippen LogP contribution < -0.4 is 11.0 Å². The molecule has 40 heavy (non-hydrogen) atoms. The number of aromatic amines is 1. The number of H-pyrrole nitrogens is 1. The third-order valence-corrected chi connectivity index (χ3v) is 7.35. The molecule has 2 N–H and O–H groups in total. The third-order valence-electron chi connectivity index (χ3n) is 7.35. The fourth-order valence-corrected chi connectivity index (χ4v) is 4.55. The molecular formula is C29H49N9O2. The first-order valence-electron chi connectivity index (χ1n) is 14.1. The molecule has 3 aromatic rings. The number of hydrogen-bond acceptors (Lipinski definition) is 9. The molecule has 2 aliphatic heterocycles. The van der Waals surface area contributed by atoms with E-state index in [1.165, 1.54) is 0 Å². The van der Waals surface area contributed by atoms with Crippen LogP contribution in [0.15, 0.2) is 35.1 Å². The van der Waals surface area contributed by atoms with Crippen molar-refractivity contribution in [3.05, 3.63) is 40.8 Å². The van der Waals surface area contributed by atoms with E-state index >= 15 is 0 Å². The van der Waals surface area contributed by atoms with Crippen LogP contribution in [-0.2, 0) is 11.3 Å². The van der Waals surface area contributed by atoms with Crippen molar-refractivity contribution >= 4 is 17.0 Å². The number of piperazine rings is 1. The van der Waals surface area contributed by atoms with Gasteiger partial charge < -0.3 is 24.8 Å². The van der Waals surface area contributed by atoms with E-state index in [0.29, 0.717) is 29.4 Å². The van der Waals surface area contributed by atoms with Crippen LogP contribution in [0.1, 0.15) is 14.4 Å². The highest BCUT2D eigenvalue weighted by Crippen LogP contribution is 2.23. The van der Waals surface area contributed by atoms with Gasteiger partial charge in [0.05, 0.1) is 13.2 Å². The molecule has 222 valence electrons. The average Bonchev–Trinajstić information content (AvgIpc) is 3.29. The first-order chi connectivity index (χ1) is 18.9. The summed E-state index contributed by atoms with van der Waals surface area (Å²) in [6, 6.07) is 9.93. The van der Waals surface area contributed by atoms with E-state index in [9.17, 15) is 4.79 Å². The third kappa shape index (κ3) is 8.84. The van der Waals surface area contributed by atoms with Gasteiger partial charge in [0.15, 0.2) is 17.3 Å². The highest BCUT2D eigenvalue weighted by Gasteiger charge is 2.19. The largest absolute Gasteiger partial charge is 0.379 e. The molecule has 5 rings (SSSR count). The number of nitrogens with one attached hydrogen (secondary N) is 2. The second kappa shape index (κ2) is 15.8. The van der Waals surface area contributed by atoms with Gasteiger partial charge in [0, 0.05) is 71.0 Å². The molecule has 2 fully saturated rings. The lowest BCUT2D eigenvalue weighted by atomic mass is 10.2. The number of hydrogen-bond donors (Lipinski definition) is 2. The standard InChI is InChI=1S/C24H34N8O2.C4H11N.CH4/c1-29-9-11-30(12-10-29)8-7-25-22-20-23(28-21(27-22)19-5-3-2-4-6-19)32(24(33)26-20)14-13-31-15-17-34-18-16-31;1-4-5(2)3;/h2-6H,7-18H2,1H3,(H,26,33)(H,25,27,28);4H2,1-3H3;1H4. The molecule has 0 spiro atoms. The number of ether oxygens (including phenoxy) is 1. The van der Waals surface area contributed by atoms with Crippen molar-refractivity contribution in [1.82, 2.24) is 39.1 Å². The van der Waals surface area contributed by atoms with Crippen LogP contribution in [0.3, 0.4) is 0 Å². The number of aromatic nitrogens is 4. The predicted molar refractivity (Wildman–Crippen MR) is 164 cm³/mol. The summed E-state index contributed by atoms with van der Waals surface area (Å²) >= 11 is 0. The molecule has 11 nitrogen and oxygen atoms in total. The molecule has 1 aromatic carbocycles. The van der Waals surface area contributed by atoms with Gasteiger partial charge in [0.1, 0.15) is 5.52 Å². The van der Waals surface area contributed by atoms with Gasteiger partial charge in [-0.15, -0.1) is 0 Å². The number of likely N-dealkylation sites (N-methyl/N-ethyl adjacent to an activating group) is 1. The summed E-state index contributed by atoms with van der Waals surface area (Å²) in [5.74, 6) is 1.30. The summed E-state index contributed by atoms with van der Waals surface area (Å²) in [6.45, 7) is 13.9. The zero-order valence-electron chi connectivity index (χ0n) is 24.0. The molecular weight excluding hydrogens is 506 g/mol. The summed E-state index contributed by atoms with van der Waals surface area (Å²) in [6.07, 6.45) is 0. The molecule has 4 heterocycles. The summed E-state index contributed by atoms with van der Waals surface area (Å²) in [4.78, 5) is 34.8. The van der Waals surface area contributed by atoms with E-state index in [2.05, 4.69) is 58.0 Å². The first kappa shape index (κ1) is 31.7. The Morgan fingerprint density at radius 1 is 0.950 bits per heavy atom. The van der Waals surface area contributed by atoms with Crippen LogP contribution in [-0.4, -0.2) is 139 Å². The molecule has 2 aliphatic rings. The molecule has 0 saturated carbocycles. The number of anilines is 1. The number of imidazole rings is 1. The Bertz CT molecular complexity index is 1200. The van der Waals surface area contributed by atoms with Gasteiger partial charge in [-0.25, -0.2) is 14.8 Å². The molecule has 0 aliphatic carbocycles. The number of benzene rings is 1. The maximum absolute atomic E-state index is 12.9. The Morgan fingerprint density at radius 3 is 2.25 bits per heavy atom. The maximum Gasteiger partial charge on any atom is 0.327 e. The van der Waals surface area contributed by atoms with Crippen LogP contribution >= 0.6 is 0 Å². The lowest BCUT2D eigenvalue weighted by Gasteiger charge is -2.32. The Balaban J connectivity index is 0.000000677. The second-order valence-electron chi connectivity index (χ2n) is 10.5. The maximum atomic E-state index is 12.9. The van der Waals surface area contributed by atoms with Crippen molar-refractivity contribution in [2.24, 2.45) is 0 Å². The lowest BCUT2D eigenvalue weighted by molar-refractivity contribution is 0.0364. The van der Waals surface area contributed by atoms with Crippen molar-refractivity contribution in [2.45, 2.75) is 20.9 Å². The molecule has 0 unspecified atom stereocenters. The number of fused-ring (bicyclic) bond motifs is 1. The number of morpholine rings is 1. The van der Waals surface area contributed by atoms with Gasteiger partial charge in [-0.2, -0.15) is 0 Å². The highest BCUT2D eigenvalue weighted by molar-refractivity contribution is 5.85. The normalized spacial score (nSPS) is 16.9. The van der Waals surface area contributed by atoms with E-state index in [1.807, 2.05) is 30.3 Å². The van der Waals surface area contributed by atoms with Gasteiger partial charge >= 0.3 is 5.69 Å². The second-order valence-corrected chi connectivity index (χ2v) is 10.5. The molecule has 2 saturated heterocycles. The molecule has 0 bridgehead atoms. The van der Waals surface area contributed by atoms with Crippen LogP contribution in [0.25, 0.3) is 22.6 Å². The Hall–Kier alpha value is -2.83. The first-order valence-corrected chi connectivity index (χ1v) is 14.1. The lowest BCUT2D eigenvalue weighted by Crippen LogP contribution is -2.45. The van der Waals surface area contributed by atoms with E-state index in [0.717, 1.165) is 84.2 Å². The van der Waals surface area contributed by atoms with Crippen LogP contribution in [0.2, 0.25) is 0 Å².